The number of fused-ring (bicyclic) bond motifs is 2. The van der Waals surface area contributed by atoms with Crippen LogP contribution in [0.2, 0.25) is 0 Å². The molecule has 0 saturated heterocycles. The highest BCUT2D eigenvalue weighted by Gasteiger charge is 2.34. The molecule has 2 aromatic rings. The van der Waals surface area contributed by atoms with Crippen LogP contribution in [-0.4, -0.2) is 51.3 Å². The lowest BCUT2D eigenvalue weighted by Crippen LogP contribution is -2.46. The highest BCUT2D eigenvalue weighted by Crippen LogP contribution is 2.35. The van der Waals surface area contributed by atoms with Crippen LogP contribution in [0.15, 0.2) is 24.5 Å². The van der Waals surface area contributed by atoms with E-state index in [1.807, 2.05) is 11.6 Å². The van der Waals surface area contributed by atoms with Crippen LogP contribution >= 0.6 is 0 Å². The quantitative estimate of drug-likeness (QED) is 0.880. The Kier molecular flexibility index (Phi) is 3.65. The van der Waals surface area contributed by atoms with E-state index in [1.165, 1.54) is 0 Å². The van der Waals surface area contributed by atoms with Crippen LogP contribution in [0.1, 0.15) is 21.7 Å². The maximum atomic E-state index is 13.1. The number of hydrogen-bond acceptors (Lipinski definition) is 5. The molecule has 0 bridgehead atoms. The summed E-state index contributed by atoms with van der Waals surface area (Å²) in [6.45, 7) is 1.18. The van der Waals surface area contributed by atoms with E-state index in [9.17, 15) is 9.90 Å². The first kappa shape index (κ1) is 15.0. The molecule has 3 heterocycles. The van der Waals surface area contributed by atoms with Gasteiger partial charge in [-0.05, 0) is 12.1 Å². The molecular formula is C17H19N3O4. The highest BCUT2D eigenvalue weighted by molar-refractivity contribution is 5.98. The Hall–Kier alpha value is -2.54. The molecule has 2 aliphatic rings. The van der Waals surface area contributed by atoms with Crippen molar-refractivity contribution < 1.29 is 19.4 Å². The largest absolute Gasteiger partial charge is 0.486 e. The zero-order valence-electron chi connectivity index (χ0n) is 13.4. The fraction of sp³-hybridized carbons (Fsp3) is 0.412. The normalized spacial score (nSPS) is 19.1. The fourth-order valence-corrected chi connectivity index (χ4v) is 3.32. The monoisotopic (exact) mass is 329 g/mol. The second-order valence-electron chi connectivity index (χ2n) is 6.05. The Morgan fingerprint density at radius 1 is 1.38 bits per heavy atom. The van der Waals surface area contributed by atoms with Gasteiger partial charge in [0, 0.05) is 19.2 Å². The molecule has 4 rings (SSSR count). The lowest BCUT2D eigenvalue weighted by molar-refractivity contribution is 0.0527. The molecular weight excluding hydrogens is 310 g/mol. The van der Waals surface area contributed by atoms with Crippen molar-refractivity contribution in [1.82, 2.24) is 14.5 Å². The van der Waals surface area contributed by atoms with Crippen molar-refractivity contribution in [3.63, 3.8) is 0 Å². The molecule has 126 valence electrons. The summed E-state index contributed by atoms with van der Waals surface area (Å²) in [6, 6.07) is 5.03. The summed E-state index contributed by atoms with van der Waals surface area (Å²) in [5.74, 6) is 0.896. The number of aliphatic hydroxyl groups is 1. The van der Waals surface area contributed by atoms with Crippen LogP contribution in [0, 0.1) is 0 Å². The number of ether oxygens (including phenoxy) is 2. The van der Waals surface area contributed by atoms with Crippen LogP contribution in [0.3, 0.4) is 0 Å². The molecule has 0 radical (unpaired) electrons. The molecule has 1 atom stereocenters. The first-order valence-corrected chi connectivity index (χ1v) is 7.98. The number of aliphatic hydroxyl groups excluding tert-OH is 1. The maximum Gasteiger partial charge on any atom is 0.258 e. The minimum atomic E-state index is -0.277. The summed E-state index contributed by atoms with van der Waals surface area (Å²) in [6.07, 6.45) is 2.33. The second-order valence-corrected chi connectivity index (χ2v) is 6.05. The number of aryl methyl sites for hydroxylation is 1. The van der Waals surface area contributed by atoms with Crippen LogP contribution in [0.25, 0.3) is 0 Å². The second kappa shape index (κ2) is 5.83. The van der Waals surface area contributed by atoms with E-state index in [2.05, 4.69) is 4.98 Å². The summed E-state index contributed by atoms with van der Waals surface area (Å²) >= 11 is 0. The van der Waals surface area contributed by atoms with Gasteiger partial charge in [-0.15, -0.1) is 0 Å². The molecule has 24 heavy (non-hydrogen) atoms. The number of rotatable bonds is 2. The Labute approximate surface area is 139 Å². The van der Waals surface area contributed by atoms with Gasteiger partial charge in [0.15, 0.2) is 11.5 Å². The van der Waals surface area contributed by atoms with Crippen molar-refractivity contribution >= 4 is 5.91 Å². The van der Waals surface area contributed by atoms with Crippen molar-refractivity contribution in [2.45, 2.75) is 19.0 Å². The van der Waals surface area contributed by atoms with Crippen LogP contribution in [0.5, 0.6) is 11.5 Å². The highest BCUT2D eigenvalue weighted by atomic mass is 16.6. The molecule has 0 spiro atoms. The van der Waals surface area contributed by atoms with Gasteiger partial charge in [-0.1, -0.05) is 6.07 Å². The van der Waals surface area contributed by atoms with Crippen molar-refractivity contribution in [2.75, 3.05) is 19.8 Å². The number of carbonyl (C=O) groups is 1. The van der Waals surface area contributed by atoms with E-state index >= 15 is 0 Å². The predicted octanol–water partition coefficient (Wildman–Crippen LogP) is 0.751. The smallest absolute Gasteiger partial charge is 0.258 e. The number of hydrogen-bond donors (Lipinski definition) is 1. The molecule has 0 fully saturated rings. The van der Waals surface area contributed by atoms with E-state index in [0.717, 1.165) is 11.4 Å². The topological polar surface area (TPSA) is 76.8 Å². The lowest BCUT2D eigenvalue weighted by atomic mass is 10.0. The number of imidazole rings is 1. The van der Waals surface area contributed by atoms with Gasteiger partial charge in [0.1, 0.15) is 13.2 Å². The minimum absolute atomic E-state index is 0.0945. The van der Waals surface area contributed by atoms with E-state index < -0.39 is 0 Å². The van der Waals surface area contributed by atoms with E-state index in [4.69, 9.17) is 9.47 Å². The third kappa shape index (κ3) is 2.32. The number of para-hydroxylation sites is 1. The van der Waals surface area contributed by atoms with Crippen molar-refractivity contribution in [3.05, 3.63) is 41.5 Å². The van der Waals surface area contributed by atoms with Gasteiger partial charge in [0.25, 0.3) is 5.91 Å². The maximum absolute atomic E-state index is 13.1. The summed E-state index contributed by atoms with van der Waals surface area (Å²) in [5.41, 5.74) is 2.40. The summed E-state index contributed by atoms with van der Waals surface area (Å²) in [7, 11) is 1.93. The average molecular weight is 329 g/mol. The van der Waals surface area contributed by atoms with Crippen molar-refractivity contribution in [1.29, 1.82) is 0 Å². The third-order valence-electron chi connectivity index (χ3n) is 4.60. The number of aromatic nitrogens is 2. The molecule has 7 nitrogen and oxygen atoms in total. The summed E-state index contributed by atoms with van der Waals surface area (Å²) < 4.78 is 13.2. The Bertz CT molecular complexity index is 786. The molecule has 1 aromatic heterocycles. The Balaban J connectivity index is 1.69. The van der Waals surface area contributed by atoms with Gasteiger partial charge in [0.05, 0.1) is 36.8 Å². The van der Waals surface area contributed by atoms with Gasteiger partial charge in [-0.2, -0.15) is 0 Å². The van der Waals surface area contributed by atoms with Crippen molar-refractivity contribution in [2.24, 2.45) is 7.05 Å². The fourth-order valence-electron chi connectivity index (χ4n) is 3.32. The number of nitrogens with zero attached hydrogens (tertiary/aromatic N) is 3. The Morgan fingerprint density at radius 3 is 3.04 bits per heavy atom. The van der Waals surface area contributed by atoms with E-state index in [1.54, 1.807) is 29.4 Å². The van der Waals surface area contributed by atoms with Crippen molar-refractivity contribution in [3.8, 4) is 11.5 Å². The molecule has 7 heteroatoms. The van der Waals surface area contributed by atoms with Gasteiger partial charge < -0.3 is 24.0 Å². The van der Waals surface area contributed by atoms with Gasteiger partial charge in [0.2, 0.25) is 0 Å². The standard InChI is InChI=1S/C17H19N3O4/c1-19-10-18-13-8-20(11(9-21)7-14(13)19)17(22)12-3-2-4-15-16(12)24-6-5-23-15/h2-4,10-11,21H,5-9H2,1H3. The summed E-state index contributed by atoms with van der Waals surface area (Å²) in [4.78, 5) is 19.1. The third-order valence-corrected chi connectivity index (χ3v) is 4.60. The predicted molar refractivity (Wildman–Crippen MR) is 85.1 cm³/mol. The lowest BCUT2D eigenvalue weighted by Gasteiger charge is -2.35. The number of carbonyl (C=O) groups excluding carboxylic acids is 1. The zero-order chi connectivity index (χ0) is 16.7. The molecule has 0 saturated carbocycles. The van der Waals surface area contributed by atoms with Gasteiger partial charge in [-0.25, -0.2) is 4.98 Å². The van der Waals surface area contributed by atoms with E-state index in [-0.39, 0.29) is 18.6 Å². The first-order chi connectivity index (χ1) is 11.7. The average Bonchev–Trinajstić information content (AvgIpc) is 2.99. The first-order valence-electron chi connectivity index (χ1n) is 7.98. The van der Waals surface area contributed by atoms with E-state index in [0.29, 0.717) is 43.2 Å². The molecule has 1 unspecified atom stereocenters. The SMILES string of the molecule is Cn1cnc2c1CC(CO)N(C(=O)c1cccc3c1OCCO3)C2. The van der Waals surface area contributed by atoms with Crippen LogP contribution < -0.4 is 9.47 Å². The molecule has 0 aliphatic carbocycles. The zero-order valence-corrected chi connectivity index (χ0v) is 13.4. The number of amides is 1. The molecule has 1 amide bonds. The molecule has 2 aliphatic heterocycles. The number of benzene rings is 1. The summed E-state index contributed by atoms with van der Waals surface area (Å²) in [5, 5.41) is 9.77. The van der Waals surface area contributed by atoms with Crippen LogP contribution in [-0.2, 0) is 20.0 Å². The Morgan fingerprint density at radius 2 is 2.21 bits per heavy atom. The van der Waals surface area contributed by atoms with Gasteiger partial charge in [-0.3, -0.25) is 4.79 Å². The molecule has 1 aromatic carbocycles. The molecule has 1 N–H and O–H groups in total. The minimum Gasteiger partial charge on any atom is -0.486 e. The van der Waals surface area contributed by atoms with Gasteiger partial charge >= 0.3 is 0 Å². The van der Waals surface area contributed by atoms with Crippen LogP contribution in [0.4, 0.5) is 0 Å².